The lowest BCUT2D eigenvalue weighted by Crippen LogP contribution is -2.36. The van der Waals surface area contributed by atoms with Crippen molar-refractivity contribution in [1.82, 2.24) is 4.57 Å². The zero-order chi connectivity index (χ0) is 22.4. The fourth-order valence-corrected chi connectivity index (χ4v) is 4.05. The molecule has 0 aliphatic carbocycles. The smallest absolute Gasteiger partial charge is 0.373 e. The number of carbonyl (C=O) groups excluding carboxylic acids is 2. The van der Waals surface area contributed by atoms with Gasteiger partial charge in [-0.3, -0.25) is 9.36 Å². The van der Waals surface area contributed by atoms with E-state index < -0.39 is 12.3 Å². The monoisotopic (exact) mass is 427 g/mol. The summed E-state index contributed by atoms with van der Waals surface area (Å²) in [5.74, 6) is -1.05. The summed E-state index contributed by atoms with van der Waals surface area (Å²) in [4.78, 5) is 24.8. The van der Waals surface area contributed by atoms with Crippen LogP contribution in [0.2, 0.25) is 0 Å². The number of ether oxygens (including phenoxy) is 3. The Morgan fingerprint density at radius 2 is 2.10 bits per heavy atom. The van der Waals surface area contributed by atoms with Crippen molar-refractivity contribution in [2.75, 3.05) is 19.8 Å². The highest BCUT2D eigenvalue weighted by Gasteiger charge is 2.39. The van der Waals surface area contributed by atoms with E-state index in [4.69, 9.17) is 14.2 Å². The van der Waals surface area contributed by atoms with Crippen LogP contribution < -0.4 is 0 Å². The molecule has 3 rings (SSSR count). The van der Waals surface area contributed by atoms with E-state index >= 15 is 0 Å². The van der Waals surface area contributed by atoms with Crippen LogP contribution in [0.25, 0.3) is 10.9 Å². The van der Waals surface area contributed by atoms with Crippen LogP contribution in [0.15, 0.2) is 55.0 Å². The fourth-order valence-electron chi connectivity index (χ4n) is 4.05. The number of allylic oxidation sites excluding steroid dienone is 1. The fraction of sp³-hybridized carbons (Fsp3) is 0.417. The van der Waals surface area contributed by atoms with Crippen molar-refractivity contribution in [2.24, 2.45) is 5.92 Å². The van der Waals surface area contributed by atoms with Crippen LogP contribution in [0.5, 0.6) is 0 Å². The number of fused-ring (bicyclic) bond motifs is 1. The summed E-state index contributed by atoms with van der Waals surface area (Å²) in [6.45, 7) is 7.44. The van der Waals surface area contributed by atoms with Gasteiger partial charge in [-0.05, 0) is 37.5 Å². The third kappa shape index (κ3) is 4.89. The Kier molecular flexibility index (Phi) is 7.65. The van der Waals surface area contributed by atoms with Gasteiger partial charge in [0.1, 0.15) is 6.61 Å². The number of carbonyl (C=O) groups is 2. The lowest BCUT2D eigenvalue weighted by Gasteiger charge is -2.36. The van der Waals surface area contributed by atoms with Crippen molar-refractivity contribution >= 4 is 22.8 Å². The van der Waals surface area contributed by atoms with Gasteiger partial charge >= 0.3 is 5.97 Å². The van der Waals surface area contributed by atoms with E-state index in [1.54, 1.807) is 10.6 Å². The molecule has 0 saturated heterocycles. The van der Waals surface area contributed by atoms with Crippen molar-refractivity contribution in [3.05, 3.63) is 60.5 Å². The van der Waals surface area contributed by atoms with Gasteiger partial charge in [-0.15, -0.1) is 0 Å². The summed E-state index contributed by atoms with van der Waals surface area (Å²) in [6, 6.07) is 7.66. The number of benzene rings is 1. The molecule has 0 spiro atoms. The molecular formula is C24H29NO6. The predicted molar refractivity (Wildman–Crippen MR) is 117 cm³/mol. The number of aliphatic hydroxyl groups excluding tert-OH is 1. The van der Waals surface area contributed by atoms with Crippen LogP contribution in [0.1, 0.15) is 43.0 Å². The SMILES string of the molecule is C=CCOC(=O)C1=C[C@H](c2cn(C(C)=O)c3ccccc23)[C@@H](CCCO)[C@H](OCC)O1. The standard InChI is InChI=1S/C24H29NO6/c1-4-13-30-23(28)22-14-19(18(10-8-12-26)24(31-22)29-5-2)20-15-25(16(3)27)21-11-7-6-9-17(20)21/h4,6-7,9,11,14-15,18-19,24,26H,1,5,8,10,12-13H2,2-3H3/t18-,19+,24-/m1/s1. The molecule has 31 heavy (non-hydrogen) atoms. The summed E-state index contributed by atoms with van der Waals surface area (Å²) in [6.07, 6.45) is 5.55. The molecule has 3 atom stereocenters. The largest absolute Gasteiger partial charge is 0.457 e. The van der Waals surface area contributed by atoms with E-state index in [1.165, 1.54) is 13.0 Å². The first kappa shape index (κ1) is 22.8. The normalized spacial score (nSPS) is 20.7. The second kappa shape index (κ2) is 10.4. The molecule has 166 valence electrons. The highest BCUT2D eigenvalue weighted by molar-refractivity contribution is 5.94. The third-order valence-corrected chi connectivity index (χ3v) is 5.39. The number of esters is 1. The minimum absolute atomic E-state index is 0.0369. The Morgan fingerprint density at radius 3 is 2.77 bits per heavy atom. The molecule has 1 aliphatic heterocycles. The molecular weight excluding hydrogens is 398 g/mol. The molecule has 1 aliphatic rings. The van der Waals surface area contributed by atoms with Crippen LogP contribution in [0, 0.1) is 5.92 Å². The molecule has 7 nitrogen and oxygen atoms in total. The van der Waals surface area contributed by atoms with Crippen LogP contribution in [0.4, 0.5) is 0 Å². The van der Waals surface area contributed by atoms with E-state index in [1.807, 2.05) is 37.4 Å². The summed E-state index contributed by atoms with van der Waals surface area (Å²) in [7, 11) is 0. The maximum absolute atomic E-state index is 12.6. The van der Waals surface area contributed by atoms with Crippen molar-refractivity contribution in [3.63, 3.8) is 0 Å². The maximum atomic E-state index is 12.6. The number of nitrogens with zero attached hydrogens (tertiary/aromatic N) is 1. The summed E-state index contributed by atoms with van der Waals surface area (Å²) in [5, 5.41) is 10.3. The van der Waals surface area contributed by atoms with Gasteiger partial charge < -0.3 is 19.3 Å². The zero-order valence-electron chi connectivity index (χ0n) is 18.0. The molecule has 0 unspecified atom stereocenters. The number of para-hydroxylation sites is 1. The second-order valence-electron chi connectivity index (χ2n) is 7.41. The molecule has 7 heteroatoms. The second-order valence-corrected chi connectivity index (χ2v) is 7.41. The Morgan fingerprint density at radius 1 is 1.32 bits per heavy atom. The highest BCUT2D eigenvalue weighted by atomic mass is 16.7. The van der Waals surface area contributed by atoms with Gasteiger partial charge in [-0.1, -0.05) is 30.9 Å². The topological polar surface area (TPSA) is 87.0 Å². The first-order valence-corrected chi connectivity index (χ1v) is 10.5. The molecule has 0 saturated carbocycles. The Hall–Kier alpha value is -2.90. The Labute approximate surface area is 181 Å². The van der Waals surface area contributed by atoms with Gasteiger partial charge in [0.25, 0.3) is 0 Å². The number of rotatable bonds is 9. The molecule has 0 bridgehead atoms. The summed E-state index contributed by atoms with van der Waals surface area (Å²) in [5.41, 5.74) is 1.70. The number of hydrogen-bond donors (Lipinski definition) is 1. The minimum Gasteiger partial charge on any atom is -0.457 e. The van der Waals surface area contributed by atoms with Gasteiger partial charge in [0.2, 0.25) is 18.0 Å². The average molecular weight is 427 g/mol. The van der Waals surface area contributed by atoms with Crippen LogP contribution in [-0.2, 0) is 19.0 Å². The lowest BCUT2D eigenvalue weighted by molar-refractivity contribution is -0.175. The zero-order valence-corrected chi connectivity index (χ0v) is 18.0. The molecule has 1 N–H and O–H groups in total. The molecule has 2 heterocycles. The van der Waals surface area contributed by atoms with Crippen molar-refractivity contribution < 1.29 is 28.9 Å². The van der Waals surface area contributed by atoms with E-state index in [0.717, 1.165) is 16.5 Å². The van der Waals surface area contributed by atoms with E-state index in [9.17, 15) is 14.7 Å². The van der Waals surface area contributed by atoms with Crippen LogP contribution >= 0.6 is 0 Å². The molecule has 2 aromatic rings. The Bertz CT molecular complexity index is 976. The molecule has 0 radical (unpaired) electrons. The van der Waals surface area contributed by atoms with Gasteiger partial charge in [-0.2, -0.15) is 0 Å². The first-order valence-electron chi connectivity index (χ1n) is 10.5. The molecule has 0 fully saturated rings. The van der Waals surface area contributed by atoms with E-state index in [-0.39, 0.29) is 36.7 Å². The van der Waals surface area contributed by atoms with E-state index in [0.29, 0.717) is 19.4 Å². The van der Waals surface area contributed by atoms with Crippen molar-refractivity contribution in [1.29, 1.82) is 0 Å². The van der Waals surface area contributed by atoms with Crippen LogP contribution in [-0.4, -0.2) is 47.7 Å². The van der Waals surface area contributed by atoms with Gasteiger partial charge in [0.05, 0.1) is 5.52 Å². The summed E-state index contributed by atoms with van der Waals surface area (Å²) >= 11 is 0. The van der Waals surface area contributed by atoms with E-state index in [2.05, 4.69) is 6.58 Å². The molecule has 1 aromatic heterocycles. The number of hydrogen-bond acceptors (Lipinski definition) is 6. The third-order valence-electron chi connectivity index (χ3n) is 5.39. The quantitative estimate of drug-likeness (QED) is 0.484. The van der Waals surface area contributed by atoms with Gasteiger partial charge in [-0.25, -0.2) is 4.79 Å². The minimum atomic E-state index is -0.683. The first-order chi connectivity index (χ1) is 15.0. The predicted octanol–water partition coefficient (Wildman–Crippen LogP) is 3.78. The summed E-state index contributed by atoms with van der Waals surface area (Å²) < 4.78 is 18.5. The number of aliphatic hydroxyl groups is 1. The van der Waals surface area contributed by atoms with Gasteiger partial charge in [0, 0.05) is 43.6 Å². The van der Waals surface area contributed by atoms with Gasteiger partial charge in [0.15, 0.2) is 0 Å². The highest BCUT2D eigenvalue weighted by Crippen LogP contribution is 2.42. The lowest BCUT2D eigenvalue weighted by atomic mass is 9.80. The number of aromatic nitrogens is 1. The van der Waals surface area contributed by atoms with Crippen molar-refractivity contribution in [2.45, 2.75) is 38.9 Å². The van der Waals surface area contributed by atoms with Crippen molar-refractivity contribution in [3.8, 4) is 0 Å². The molecule has 1 aromatic carbocycles. The maximum Gasteiger partial charge on any atom is 0.373 e. The Balaban J connectivity index is 2.13. The van der Waals surface area contributed by atoms with Crippen LogP contribution in [0.3, 0.4) is 0 Å². The average Bonchev–Trinajstić information content (AvgIpc) is 3.16. The molecule has 0 amide bonds.